The van der Waals surface area contributed by atoms with Gasteiger partial charge in [-0.3, -0.25) is 0 Å². The summed E-state index contributed by atoms with van der Waals surface area (Å²) in [4.78, 5) is 9.80. The number of nitrogens with zero attached hydrogens (tertiary/aromatic N) is 2. The second kappa shape index (κ2) is 4.84. The smallest absolute Gasteiger partial charge is 0.407 e. The predicted molar refractivity (Wildman–Crippen MR) is 30.7 cm³/mol. The molecule has 0 aromatic rings. The molecule has 1 fully saturated rings. The molecule has 1 aliphatic heterocycles. The van der Waals surface area contributed by atoms with Crippen LogP contribution < -0.4 is 18.9 Å². The number of hydrogen-bond acceptors (Lipinski definition) is 2. The minimum Gasteiger partial charge on any atom is -0.407 e. The van der Waals surface area contributed by atoms with E-state index in [0.717, 1.165) is 19.4 Å². The van der Waals surface area contributed by atoms with Crippen LogP contribution in [0, 0.1) is 11.5 Å². The summed E-state index contributed by atoms with van der Waals surface area (Å²) in [5.74, 6) is 0. The molecule has 0 unspecified atom stereocenters. The summed E-state index contributed by atoms with van der Waals surface area (Å²) < 4.78 is 0. The van der Waals surface area contributed by atoms with Crippen LogP contribution in [0.1, 0.15) is 19.3 Å². The SMILES string of the molecule is O=NN1[CH-]CCCC1.[Li+]. The van der Waals surface area contributed by atoms with Crippen molar-refractivity contribution in [2.75, 3.05) is 6.54 Å². The van der Waals surface area contributed by atoms with Crippen LogP contribution in [0.25, 0.3) is 0 Å². The molecule has 0 bridgehead atoms. The molecular weight excluding hydrogens is 111 g/mol. The van der Waals surface area contributed by atoms with Crippen LogP contribution >= 0.6 is 0 Å². The van der Waals surface area contributed by atoms with Gasteiger partial charge in [-0.25, -0.2) is 6.54 Å². The molecule has 1 rings (SSSR count). The Bertz CT molecular complexity index is 83.0. The van der Waals surface area contributed by atoms with Gasteiger partial charge >= 0.3 is 18.9 Å². The van der Waals surface area contributed by atoms with E-state index in [1.165, 1.54) is 11.4 Å². The van der Waals surface area contributed by atoms with Gasteiger partial charge in [0, 0.05) is 11.8 Å². The molecule has 0 amide bonds. The Morgan fingerprint density at radius 1 is 1.44 bits per heavy atom. The molecule has 0 radical (unpaired) electrons. The van der Waals surface area contributed by atoms with E-state index in [1.54, 1.807) is 0 Å². The van der Waals surface area contributed by atoms with E-state index in [0.29, 0.717) is 0 Å². The molecule has 0 aliphatic carbocycles. The molecule has 0 aromatic carbocycles. The fraction of sp³-hybridized carbons (Fsp3) is 0.800. The first kappa shape index (κ1) is 9.00. The van der Waals surface area contributed by atoms with Crippen molar-refractivity contribution in [3.63, 3.8) is 0 Å². The third kappa shape index (κ3) is 2.88. The Hall–Kier alpha value is -0.00260. The van der Waals surface area contributed by atoms with Crippen molar-refractivity contribution in [1.82, 2.24) is 5.01 Å². The van der Waals surface area contributed by atoms with Crippen molar-refractivity contribution < 1.29 is 18.9 Å². The van der Waals surface area contributed by atoms with Crippen molar-refractivity contribution in [2.45, 2.75) is 19.3 Å². The van der Waals surface area contributed by atoms with Crippen molar-refractivity contribution in [1.29, 1.82) is 0 Å². The number of nitroso groups, excluding NO2 is 1. The summed E-state index contributed by atoms with van der Waals surface area (Å²) in [5.41, 5.74) is 0. The molecule has 0 saturated carbocycles. The van der Waals surface area contributed by atoms with E-state index in [-0.39, 0.29) is 18.9 Å². The van der Waals surface area contributed by atoms with Gasteiger partial charge in [0.15, 0.2) is 0 Å². The zero-order chi connectivity index (χ0) is 5.82. The maximum absolute atomic E-state index is 9.80. The number of rotatable bonds is 1. The van der Waals surface area contributed by atoms with Crippen molar-refractivity contribution >= 4 is 0 Å². The second-order valence-corrected chi connectivity index (χ2v) is 1.92. The molecule has 1 aliphatic rings. The Balaban J connectivity index is 0.000000640. The number of hydrogen-bond donors (Lipinski definition) is 0. The fourth-order valence-electron chi connectivity index (χ4n) is 0.824. The third-order valence-corrected chi connectivity index (χ3v) is 1.29. The van der Waals surface area contributed by atoms with Gasteiger partial charge < -0.3 is 5.01 Å². The Kier molecular flexibility index (Phi) is 4.84. The van der Waals surface area contributed by atoms with E-state index in [9.17, 15) is 4.91 Å². The molecule has 3 nitrogen and oxygen atoms in total. The molecule has 0 N–H and O–H groups in total. The fourth-order valence-corrected chi connectivity index (χ4v) is 0.824. The summed E-state index contributed by atoms with van der Waals surface area (Å²) >= 11 is 0. The van der Waals surface area contributed by atoms with Crippen LogP contribution in [0.4, 0.5) is 0 Å². The summed E-state index contributed by atoms with van der Waals surface area (Å²) in [5, 5.41) is 4.24. The third-order valence-electron chi connectivity index (χ3n) is 1.29. The number of piperidine rings is 1. The summed E-state index contributed by atoms with van der Waals surface area (Å²) in [7, 11) is 0. The second-order valence-electron chi connectivity index (χ2n) is 1.92. The monoisotopic (exact) mass is 120 g/mol. The van der Waals surface area contributed by atoms with E-state index in [1.807, 2.05) is 6.54 Å². The Morgan fingerprint density at radius 3 is 2.56 bits per heavy atom. The van der Waals surface area contributed by atoms with Crippen molar-refractivity contribution in [2.24, 2.45) is 5.29 Å². The maximum atomic E-state index is 9.80. The van der Waals surface area contributed by atoms with Gasteiger partial charge in [-0.05, 0) is 6.42 Å². The zero-order valence-corrected chi connectivity index (χ0v) is 5.71. The molecule has 0 spiro atoms. The summed E-state index contributed by atoms with van der Waals surface area (Å²) in [6.07, 6.45) is 3.31. The Morgan fingerprint density at radius 2 is 2.22 bits per heavy atom. The maximum Gasteiger partial charge on any atom is 1.00 e. The molecule has 1 saturated heterocycles. The standard InChI is InChI=1S/C5H9N2O.Li/c8-6-7-4-2-1-3-5-7;/h4H,1-3,5H2;/q-1;+1. The topological polar surface area (TPSA) is 32.7 Å². The van der Waals surface area contributed by atoms with Crippen LogP contribution in [0.15, 0.2) is 5.29 Å². The molecular formula is C5H9LiN2O. The van der Waals surface area contributed by atoms with Gasteiger partial charge in [-0.15, -0.1) is 4.91 Å². The van der Waals surface area contributed by atoms with Gasteiger partial charge in [0.25, 0.3) is 0 Å². The zero-order valence-electron chi connectivity index (χ0n) is 5.71. The van der Waals surface area contributed by atoms with Gasteiger partial charge in [-0.1, -0.05) is 6.42 Å². The molecule has 0 aromatic heterocycles. The van der Waals surface area contributed by atoms with Crippen molar-refractivity contribution in [3.8, 4) is 0 Å². The first-order valence-electron chi connectivity index (χ1n) is 2.87. The molecule has 0 atom stereocenters. The van der Waals surface area contributed by atoms with Crippen LogP contribution in [0.5, 0.6) is 0 Å². The molecule has 4 heteroatoms. The molecule has 9 heavy (non-hydrogen) atoms. The normalized spacial score (nSPS) is 18.4. The van der Waals surface area contributed by atoms with Crippen LogP contribution in [0.3, 0.4) is 0 Å². The van der Waals surface area contributed by atoms with E-state index < -0.39 is 0 Å². The van der Waals surface area contributed by atoms with Crippen LogP contribution in [-0.2, 0) is 0 Å². The van der Waals surface area contributed by atoms with Gasteiger partial charge in [0.2, 0.25) is 0 Å². The average Bonchev–Trinajstić information content (AvgIpc) is 1.90. The van der Waals surface area contributed by atoms with Gasteiger partial charge in [0.05, 0.1) is 0 Å². The summed E-state index contributed by atoms with van der Waals surface area (Å²) in [6, 6.07) is 0. The quantitative estimate of drug-likeness (QED) is 0.235. The molecule has 46 valence electrons. The van der Waals surface area contributed by atoms with E-state index in [2.05, 4.69) is 5.29 Å². The first-order chi connectivity index (χ1) is 3.93. The Labute approximate surface area is 66.9 Å². The largest absolute Gasteiger partial charge is 1.00 e. The predicted octanol–water partition coefficient (Wildman–Crippen LogP) is -1.68. The summed E-state index contributed by atoms with van der Waals surface area (Å²) in [6.45, 7) is 2.65. The van der Waals surface area contributed by atoms with Crippen LogP contribution in [0.2, 0.25) is 0 Å². The van der Waals surface area contributed by atoms with E-state index >= 15 is 0 Å². The van der Waals surface area contributed by atoms with Gasteiger partial charge in [-0.2, -0.15) is 6.42 Å². The van der Waals surface area contributed by atoms with Crippen molar-refractivity contribution in [3.05, 3.63) is 11.5 Å². The van der Waals surface area contributed by atoms with E-state index in [4.69, 9.17) is 0 Å². The molecule has 1 heterocycles. The van der Waals surface area contributed by atoms with Crippen LogP contribution in [-0.4, -0.2) is 11.6 Å². The average molecular weight is 120 g/mol. The first-order valence-corrected chi connectivity index (χ1v) is 2.87. The van der Waals surface area contributed by atoms with Gasteiger partial charge in [0.1, 0.15) is 0 Å². The minimum absolute atomic E-state index is 0. The minimum atomic E-state index is 0.